The average molecular weight is 285 g/mol. The molecule has 0 bridgehead atoms. The standard InChI is InChI=1S/C13H23N3O4/c1-9(17)11(12(18)19)14-13(20)16-7-3-6-15-5-2-4-10(15)8-16/h9-11,17H,2-8H2,1H3,(H,14,20)(H,18,19)/t9-,10?,11+/m1/s1. The van der Waals surface area contributed by atoms with Gasteiger partial charge in [0.2, 0.25) is 0 Å². The van der Waals surface area contributed by atoms with Crippen LogP contribution in [0, 0.1) is 0 Å². The number of urea groups is 1. The van der Waals surface area contributed by atoms with E-state index in [0.29, 0.717) is 19.1 Å². The molecular formula is C13H23N3O4. The van der Waals surface area contributed by atoms with Crippen molar-refractivity contribution in [3.8, 4) is 0 Å². The third kappa shape index (κ3) is 3.40. The Hall–Kier alpha value is -1.34. The van der Waals surface area contributed by atoms with Gasteiger partial charge in [-0.05, 0) is 32.7 Å². The van der Waals surface area contributed by atoms with Crippen molar-refractivity contribution < 1.29 is 19.8 Å². The summed E-state index contributed by atoms with van der Waals surface area (Å²) in [6, 6.07) is -1.27. The Balaban J connectivity index is 1.95. The maximum Gasteiger partial charge on any atom is 0.328 e. The Morgan fingerprint density at radius 1 is 1.25 bits per heavy atom. The number of carbonyl (C=O) groups excluding carboxylic acids is 1. The summed E-state index contributed by atoms with van der Waals surface area (Å²) < 4.78 is 0. The van der Waals surface area contributed by atoms with Crippen LogP contribution in [0.5, 0.6) is 0 Å². The second-order valence-corrected chi connectivity index (χ2v) is 5.64. The van der Waals surface area contributed by atoms with Gasteiger partial charge in [0.25, 0.3) is 0 Å². The molecule has 0 aromatic carbocycles. The van der Waals surface area contributed by atoms with Crippen LogP contribution in [0.3, 0.4) is 0 Å². The van der Waals surface area contributed by atoms with Gasteiger partial charge in [0, 0.05) is 25.7 Å². The Labute approximate surface area is 118 Å². The fraction of sp³-hybridized carbons (Fsp3) is 0.846. The minimum Gasteiger partial charge on any atom is -0.480 e. The van der Waals surface area contributed by atoms with E-state index >= 15 is 0 Å². The zero-order valence-corrected chi connectivity index (χ0v) is 11.8. The fourth-order valence-corrected chi connectivity index (χ4v) is 3.00. The number of hydrogen-bond donors (Lipinski definition) is 3. The number of aliphatic hydroxyl groups is 1. The van der Waals surface area contributed by atoms with Gasteiger partial charge in [-0.25, -0.2) is 9.59 Å². The third-order valence-corrected chi connectivity index (χ3v) is 4.12. The van der Waals surface area contributed by atoms with Crippen molar-refractivity contribution in [1.82, 2.24) is 15.1 Å². The highest BCUT2D eigenvalue weighted by molar-refractivity contribution is 5.83. The highest BCUT2D eigenvalue weighted by Crippen LogP contribution is 2.21. The molecule has 2 fully saturated rings. The predicted octanol–water partition coefficient (Wildman–Crippen LogP) is -0.300. The van der Waals surface area contributed by atoms with Crippen LogP contribution in [0.2, 0.25) is 0 Å². The summed E-state index contributed by atoms with van der Waals surface area (Å²) in [5.41, 5.74) is 0. The van der Waals surface area contributed by atoms with Crippen LogP contribution in [0.25, 0.3) is 0 Å². The number of rotatable bonds is 3. The lowest BCUT2D eigenvalue weighted by Gasteiger charge is -2.27. The van der Waals surface area contributed by atoms with E-state index < -0.39 is 24.1 Å². The van der Waals surface area contributed by atoms with Gasteiger partial charge >= 0.3 is 12.0 Å². The molecule has 7 nitrogen and oxygen atoms in total. The van der Waals surface area contributed by atoms with Gasteiger partial charge in [0.05, 0.1) is 6.10 Å². The summed E-state index contributed by atoms with van der Waals surface area (Å²) in [6.07, 6.45) is 2.02. The van der Waals surface area contributed by atoms with E-state index in [0.717, 1.165) is 32.4 Å². The molecule has 3 atom stereocenters. The van der Waals surface area contributed by atoms with E-state index in [1.165, 1.54) is 6.92 Å². The molecule has 2 saturated heterocycles. The number of carbonyl (C=O) groups is 2. The van der Waals surface area contributed by atoms with Crippen LogP contribution in [0.4, 0.5) is 4.79 Å². The largest absolute Gasteiger partial charge is 0.480 e. The summed E-state index contributed by atoms with van der Waals surface area (Å²) in [5.74, 6) is -1.22. The molecule has 0 aromatic rings. The van der Waals surface area contributed by atoms with Gasteiger partial charge in [-0.15, -0.1) is 0 Å². The average Bonchev–Trinajstić information content (AvgIpc) is 2.72. The summed E-state index contributed by atoms with van der Waals surface area (Å²) in [5, 5.41) is 20.8. The molecule has 2 aliphatic rings. The van der Waals surface area contributed by atoms with Crippen molar-refractivity contribution in [2.75, 3.05) is 26.2 Å². The number of carboxylic acids is 1. The molecule has 3 N–H and O–H groups in total. The molecule has 7 heteroatoms. The second-order valence-electron chi connectivity index (χ2n) is 5.64. The van der Waals surface area contributed by atoms with Crippen LogP contribution in [-0.4, -0.2) is 76.4 Å². The van der Waals surface area contributed by atoms with Crippen molar-refractivity contribution >= 4 is 12.0 Å². The van der Waals surface area contributed by atoms with Crippen LogP contribution in [0.15, 0.2) is 0 Å². The van der Waals surface area contributed by atoms with Gasteiger partial charge in [-0.1, -0.05) is 0 Å². The lowest BCUT2D eigenvalue weighted by molar-refractivity contribution is -0.141. The van der Waals surface area contributed by atoms with Crippen LogP contribution < -0.4 is 5.32 Å². The first-order valence-corrected chi connectivity index (χ1v) is 7.19. The van der Waals surface area contributed by atoms with E-state index in [2.05, 4.69) is 10.2 Å². The van der Waals surface area contributed by atoms with Crippen LogP contribution in [-0.2, 0) is 4.79 Å². The lowest BCUT2D eigenvalue weighted by Crippen LogP contribution is -2.53. The third-order valence-electron chi connectivity index (χ3n) is 4.12. The molecule has 0 aliphatic carbocycles. The Morgan fingerprint density at radius 3 is 2.60 bits per heavy atom. The molecule has 2 amide bonds. The molecule has 2 rings (SSSR count). The molecule has 114 valence electrons. The quantitative estimate of drug-likeness (QED) is 0.662. The SMILES string of the molecule is C[C@@H](O)[C@H](NC(=O)N1CCCN2CCCC2C1)C(=O)O. The molecule has 0 spiro atoms. The molecule has 2 heterocycles. The molecule has 20 heavy (non-hydrogen) atoms. The highest BCUT2D eigenvalue weighted by atomic mass is 16.4. The normalized spacial score (nSPS) is 26.5. The van der Waals surface area contributed by atoms with Crippen molar-refractivity contribution in [3.63, 3.8) is 0 Å². The monoisotopic (exact) mass is 285 g/mol. The number of nitrogens with one attached hydrogen (secondary N) is 1. The maximum absolute atomic E-state index is 12.2. The number of fused-ring (bicyclic) bond motifs is 1. The van der Waals surface area contributed by atoms with Crippen molar-refractivity contribution in [3.05, 3.63) is 0 Å². The summed E-state index contributed by atoms with van der Waals surface area (Å²) in [7, 11) is 0. The second kappa shape index (κ2) is 6.41. The Morgan fingerprint density at radius 2 is 1.95 bits per heavy atom. The number of nitrogens with zero attached hydrogens (tertiary/aromatic N) is 2. The van der Waals surface area contributed by atoms with Gasteiger partial charge in [0.1, 0.15) is 0 Å². The van der Waals surface area contributed by atoms with Gasteiger partial charge in [-0.3, -0.25) is 4.90 Å². The van der Waals surface area contributed by atoms with E-state index in [-0.39, 0.29) is 0 Å². The van der Waals surface area contributed by atoms with Gasteiger partial charge < -0.3 is 20.4 Å². The number of hydrogen-bond acceptors (Lipinski definition) is 4. The molecule has 1 unspecified atom stereocenters. The number of amides is 2. The van der Waals surface area contributed by atoms with Crippen molar-refractivity contribution in [1.29, 1.82) is 0 Å². The lowest BCUT2D eigenvalue weighted by atomic mass is 10.2. The first kappa shape index (κ1) is 15.1. The predicted molar refractivity (Wildman–Crippen MR) is 72.4 cm³/mol. The number of aliphatic hydroxyl groups excluding tert-OH is 1. The Kier molecular flexibility index (Phi) is 4.82. The Bertz CT molecular complexity index is 375. The molecule has 0 aromatic heterocycles. The van der Waals surface area contributed by atoms with E-state index in [1.54, 1.807) is 4.90 Å². The molecule has 0 radical (unpaired) electrons. The van der Waals surface area contributed by atoms with Crippen molar-refractivity contribution in [2.45, 2.75) is 44.4 Å². The molecular weight excluding hydrogens is 262 g/mol. The molecule has 0 saturated carbocycles. The minimum atomic E-state index is -1.26. The highest BCUT2D eigenvalue weighted by Gasteiger charge is 2.32. The zero-order chi connectivity index (χ0) is 14.7. The number of aliphatic carboxylic acids is 1. The smallest absolute Gasteiger partial charge is 0.328 e. The van der Waals surface area contributed by atoms with E-state index in [1.807, 2.05) is 0 Å². The maximum atomic E-state index is 12.2. The fourth-order valence-electron chi connectivity index (χ4n) is 3.00. The number of carboxylic acid groups (broad SMARTS) is 1. The summed E-state index contributed by atoms with van der Waals surface area (Å²) in [4.78, 5) is 27.3. The van der Waals surface area contributed by atoms with Crippen molar-refractivity contribution in [2.24, 2.45) is 0 Å². The van der Waals surface area contributed by atoms with Crippen LogP contribution >= 0.6 is 0 Å². The van der Waals surface area contributed by atoms with Crippen LogP contribution in [0.1, 0.15) is 26.2 Å². The zero-order valence-electron chi connectivity index (χ0n) is 11.8. The van der Waals surface area contributed by atoms with Gasteiger partial charge in [0.15, 0.2) is 6.04 Å². The van der Waals surface area contributed by atoms with Gasteiger partial charge in [-0.2, -0.15) is 0 Å². The topological polar surface area (TPSA) is 93.1 Å². The van der Waals surface area contributed by atoms with E-state index in [9.17, 15) is 14.7 Å². The minimum absolute atomic E-state index is 0.387. The summed E-state index contributed by atoms with van der Waals surface area (Å²) in [6.45, 7) is 4.71. The molecule has 2 aliphatic heterocycles. The van der Waals surface area contributed by atoms with E-state index in [4.69, 9.17) is 5.11 Å². The first-order chi connectivity index (χ1) is 9.49. The summed E-state index contributed by atoms with van der Waals surface area (Å²) >= 11 is 0. The first-order valence-electron chi connectivity index (χ1n) is 7.19.